The highest BCUT2D eigenvalue weighted by Gasteiger charge is 2.27. The fourth-order valence-corrected chi connectivity index (χ4v) is 1.50. The number of hydrogen-bond acceptors (Lipinski definition) is 5. The van der Waals surface area contributed by atoms with Crippen LogP contribution in [0.2, 0.25) is 0 Å². The molecule has 2 rings (SSSR count). The van der Waals surface area contributed by atoms with Gasteiger partial charge in [0.15, 0.2) is 5.82 Å². The highest BCUT2D eigenvalue weighted by Crippen LogP contribution is 2.24. The van der Waals surface area contributed by atoms with Gasteiger partial charge >= 0.3 is 6.18 Å². The zero-order valence-corrected chi connectivity index (χ0v) is 10.3. The highest BCUT2D eigenvalue weighted by molar-refractivity contribution is 5.63. The number of nitrogens with zero attached hydrogens (tertiary/aromatic N) is 3. The van der Waals surface area contributed by atoms with E-state index in [1.54, 1.807) is 6.07 Å². The molecule has 0 radical (unpaired) electrons. The molecular weight excluding hydrogens is 294 g/mol. The minimum Gasteiger partial charge on any atom is -0.364 e. The standard InChI is InChI=1S/C12H7F4N3O2/c13-9-3-1-2-7(8(9)4-17)11-18-10(19-21-11)5-20-6-12(14,15)16/h1-3H,5-6H2. The summed E-state index contributed by atoms with van der Waals surface area (Å²) in [7, 11) is 0. The van der Waals surface area contributed by atoms with Gasteiger partial charge in [0.2, 0.25) is 0 Å². The number of hydrogen-bond donors (Lipinski definition) is 0. The van der Waals surface area contributed by atoms with Gasteiger partial charge in [-0.2, -0.15) is 23.4 Å². The van der Waals surface area contributed by atoms with Gasteiger partial charge in [-0.25, -0.2) is 4.39 Å². The zero-order valence-electron chi connectivity index (χ0n) is 10.3. The first kappa shape index (κ1) is 14.9. The Bertz CT molecular complexity index is 676. The molecule has 0 aliphatic carbocycles. The Labute approximate surface area is 115 Å². The van der Waals surface area contributed by atoms with Gasteiger partial charge in [0.05, 0.1) is 5.56 Å². The Balaban J connectivity index is 2.14. The summed E-state index contributed by atoms with van der Waals surface area (Å²) in [6, 6.07) is 5.47. The van der Waals surface area contributed by atoms with Crippen LogP contribution in [0.1, 0.15) is 11.4 Å². The highest BCUT2D eigenvalue weighted by atomic mass is 19.4. The third-order valence-electron chi connectivity index (χ3n) is 2.32. The fraction of sp³-hybridized carbons (Fsp3) is 0.250. The van der Waals surface area contributed by atoms with Gasteiger partial charge in [0.1, 0.15) is 30.7 Å². The maximum atomic E-state index is 13.4. The van der Waals surface area contributed by atoms with Crippen LogP contribution in [0.4, 0.5) is 17.6 Å². The Morgan fingerprint density at radius 2 is 2.10 bits per heavy atom. The molecule has 110 valence electrons. The van der Waals surface area contributed by atoms with Gasteiger partial charge in [0.25, 0.3) is 5.89 Å². The summed E-state index contributed by atoms with van der Waals surface area (Å²) in [5.74, 6) is -1.07. The van der Waals surface area contributed by atoms with Crippen LogP contribution < -0.4 is 0 Å². The van der Waals surface area contributed by atoms with E-state index in [4.69, 9.17) is 9.78 Å². The second-order valence-electron chi connectivity index (χ2n) is 3.90. The normalized spacial score (nSPS) is 11.4. The third kappa shape index (κ3) is 3.76. The van der Waals surface area contributed by atoms with E-state index < -0.39 is 25.2 Å². The summed E-state index contributed by atoms with van der Waals surface area (Å²) in [4.78, 5) is 3.76. The molecule has 21 heavy (non-hydrogen) atoms. The first-order valence-electron chi connectivity index (χ1n) is 5.57. The Kier molecular flexibility index (Phi) is 4.18. The topological polar surface area (TPSA) is 71.9 Å². The first-order chi connectivity index (χ1) is 9.90. The average Bonchev–Trinajstić information content (AvgIpc) is 2.85. The summed E-state index contributed by atoms with van der Waals surface area (Å²) >= 11 is 0. The van der Waals surface area contributed by atoms with Crippen LogP contribution in [-0.2, 0) is 11.3 Å². The largest absolute Gasteiger partial charge is 0.411 e. The molecule has 1 aromatic carbocycles. The molecule has 2 aromatic rings. The average molecular weight is 301 g/mol. The molecule has 0 N–H and O–H groups in total. The Morgan fingerprint density at radius 1 is 1.33 bits per heavy atom. The predicted octanol–water partition coefficient (Wildman–Crippen LogP) is 2.83. The number of aromatic nitrogens is 2. The number of halogens is 4. The molecule has 1 aromatic heterocycles. The van der Waals surface area contributed by atoms with Gasteiger partial charge in [-0.15, -0.1) is 0 Å². The Morgan fingerprint density at radius 3 is 2.76 bits per heavy atom. The molecule has 9 heteroatoms. The lowest BCUT2D eigenvalue weighted by Gasteiger charge is -2.04. The number of rotatable bonds is 4. The van der Waals surface area contributed by atoms with Crippen LogP contribution in [0.25, 0.3) is 11.5 Å². The summed E-state index contributed by atoms with van der Waals surface area (Å²) in [5, 5.41) is 12.3. The lowest BCUT2D eigenvalue weighted by atomic mass is 10.1. The zero-order chi connectivity index (χ0) is 15.5. The Hall–Kier alpha value is -2.47. The van der Waals surface area contributed by atoms with Gasteiger partial charge in [0, 0.05) is 0 Å². The molecule has 0 saturated heterocycles. The van der Waals surface area contributed by atoms with Crippen LogP contribution >= 0.6 is 0 Å². The summed E-state index contributed by atoms with van der Waals surface area (Å²) in [5.41, 5.74) is -0.226. The molecule has 1 heterocycles. The second-order valence-corrected chi connectivity index (χ2v) is 3.90. The van der Waals surface area contributed by atoms with Crippen LogP contribution in [0.5, 0.6) is 0 Å². The molecule has 5 nitrogen and oxygen atoms in total. The molecule has 0 aliphatic heterocycles. The summed E-state index contributed by atoms with van der Waals surface area (Å²) in [6.07, 6.45) is -4.46. The van der Waals surface area contributed by atoms with Crippen molar-refractivity contribution in [1.29, 1.82) is 5.26 Å². The van der Waals surface area contributed by atoms with Crippen LogP contribution in [-0.4, -0.2) is 22.9 Å². The van der Waals surface area contributed by atoms with E-state index in [0.29, 0.717) is 0 Å². The molecule has 0 bridgehead atoms. The second kappa shape index (κ2) is 5.88. The molecule has 0 spiro atoms. The van der Waals surface area contributed by atoms with Crippen LogP contribution in [0.3, 0.4) is 0 Å². The molecule has 0 fully saturated rings. The predicted molar refractivity (Wildman–Crippen MR) is 60.1 cm³/mol. The van der Waals surface area contributed by atoms with Gasteiger partial charge in [-0.3, -0.25) is 0 Å². The number of nitriles is 1. The van der Waals surface area contributed by atoms with E-state index in [1.165, 1.54) is 12.1 Å². The van der Waals surface area contributed by atoms with Crippen molar-refractivity contribution in [2.24, 2.45) is 0 Å². The third-order valence-corrected chi connectivity index (χ3v) is 2.32. The van der Waals surface area contributed by atoms with Crippen molar-refractivity contribution >= 4 is 0 Å². The first-order valence-corrected chi connectivity index (χ1v) is 5.57. The van der Waals surface area contributed by atoms with E-state index in [-0.39, 0.29) is 22.8 Å². The monoisotopic (exact) mass is 301 g/mol. The van der Waals surface area contributed by atoms with E-state index in [1.807, 2.05) is 0 Å². The van der Waals surface area contributed by atoms with E-state index in [2.05, 4.69) is 14.9 Å². The summed E-state index contributed by atoms with van der Waals surface area (Å²) < 4.78 is 58.3. The van der Waals surface area contributed by atoms with Crippen molar-refractivity contribution in [3.63, 3.8) is 0 Å². The summed E-state index contributed by atoms with van der Waals surface area (Å²) in [6.45, 7) is -1.96. The molecule has 0 aliphatic rings. The maximum Gasteiger partial charge on any atom is 0.411 e. The van der Waals surface area contributed by atoms with Crippen molar-refractivity contribution < 1.29 is 26.8 Å². The lowest BCUT2D eigenvalue weighted by Crippen LogP contribution is -2.16. The lowest BCUT2D eigenvalue weighted by molar-refractivity contribution is -0.177. The maximum absolute atomic E-state index is 13.4. The molecule has 0 unspecified atom stereocenters. The number of alkyl halides is 3. The van der Waals surface area contributed by atoms with E-state index in [0.717, 1.165) is 6.07 Å². The van der Waals surface area contributed by atoms with Crippen molar-refractivity contribution in [3.8, 4) is 17.5 Å². The van der Waals surface area contributed by atoms with Gasteiger partial charge in [-0.1, -0.05) is 11.2 Å². The number of ether oxygens (including phenoxy) is 1. The molecule has 0 saturated carbocycles. The minimum atomic E-state index is -4.46. The quantitative estimate of drug-likeness (QED) is 0.812. The van der Waals surface area contributed by atoms with Gasteiger partial charge in [-0.05, 0) is 12.1 Å². The van der Waals surface area contributed by atoms with Gasteiger partial charge < -0.3 is 9.26 Å². The van der Waals surface area contributed by atoms with Crippen molar-refractivity contribution in [2.45, 2.75) is 12.8 Å². The van der Waals surface area contributed by atoms with E-state index in [9.17, 15) is 17.6 Å². The number of benzene rings is 1. The molecule has 0 amide bonds. The minimum absolute atomic E-state index is 0.0621. The van der Waals surface area contributed by atoms with E-state index >= 15 is 0 Å². The fourth-order valence-electron chi connectivity index (χ4n) is 1.50. The molecular formula is C12H7F4N3O2. The van der Waals surface area contributed by atoms with Crippen LogP contribution in [0, 0.1) is 17.1 Å². The van der Waals surface area contributed by atoms with Crippen LogP contribution in [0.15, 0.2) is 22.7 Å². The smallest absolute Gasteiger partial charge is 0.364 e. The SMILES string of the molecule is N#Cc1c(F)cccc1-c1nc(COCC(F)(F)F)no1. The van der Waals surface area contributed by atoms with Crippen molar-refractivity contribution in [2.75, 3.05) is 6.61 Å². The molecule has 0 atom stereocenters. The van der Waals surface area contributed by atoms with Crippen molar-refractivity contribution in [1.82, 2.24) is 10.1 Å². The van der Waals surface area contributed by atoms with Crippen molar-refractivity contribution in [3.05, 3.63) is 35.4 Å².